The Kier molecular flexibility index (Phi) is 5.64. The SMILES string of the molecule is O=C(CN1CCc2ccccc2C1C(=O)N1CCCC1)Nc1ccc(Cl)cc1. The number of nitrogens with one attached hydrogen (secondary N) is 1. The van der Waals surface area contributed by atoms with Crippen molar-refractivity contribution in [2.75, 3.05) is 31.5 Å². The second-order valence-corrected chi connectivity index (χ2v) is 7.85. The Labute approximate surface area is 170 Å². The lowest BCUT2D eigenvalue weighted by molar-refractivity contribution is -0.137. The molecule has 1 N–H and O–H groups in total. The van der Waals surface area contributed by atoms with E-state index >= 15 is 0 Å². The fraction of sp³-hybridized carbons (Fsp3) is 0.364. The van der Waals surface area contributed by atoms with Crippen LogP contribution in [0.2, 0.25) is 5.02 Å². The summed E-state index contributed by atoms with van der Waals surface area (Å²) in [5.41, 5.74) is 2.94. The average Bonchev–Trinajstić information content (AvgIpc) is 3.24. The van der Waals surface area contributed by atoms with Crippen LogP contribution in [-0.4, -0.2) is 47.8 Å². The van der Waals surface area contributed by atoms with E-state index in [4.69, 9.17) is 11.6 Å². The van der Waals surface area contributed by atoms with E-state index in [2.05, 4.69) is 11.4 Å². The van der Waals surface area contributed by atoms with E-state index in [1.807, 2.05) is 28.0 Å². The lowest BCUT2D eigenvalue weighted by atomic mass is 9.91. The summed E-state index contributed by atoms with van der Waals surface area (Å²) in [5.74, 6) is -0.00938. The van der Waals surface area contributed by atoms with Crippen LogP contribution < -0.4 is 5.32 Å². The highest BCUT2D eigenvalue weighted by Crippen LogP contribution is 2.32. The summed E-state index contributed by atoms with van der Waals surface area (Å²) in [4.78, 5) is 29.9. The minimum Gasteiger partial charge on any atom is -0.341 e. The first-order chi connectivity index (χ1) is 13.6. The Bertz CT molecular complexity index is 862. The molecule has 0 bridgehead atoms. The molecule has 146 valence electrons. The summed E-state index contributed by atoms with van der Waals surface area (Å²) >= 11 is 5.90. The zero-order valence-corrected chi connectivity index (χ0v) is 16.5. The topological polar surface area (TPSA) is 52.7 Å². The van der Waals surface area contributed by atoms with Crippen molar-refractivity contribution in [1.29, 1.82) is 0 Å². The summed E-state index contributed by atoms with van der Waals surface area (Å²) in [6.45, 7) is 2.49. The van der Waals surface area contributed by atoms with E-state index in [0.717, 1.165) is 37.9 Å². The van der Waals surface area contributed by atoms with Crippen LogP contribution in [0.1, 0.15) is 30.0 Å². The predicted octanol–water partition coefficient (Wildman–Crippen LogP) is 3.50. The molecule has 2 aromatic rings. The summed E-state index contributed by atoms with van der Waals surface area (Å²) < 4.78 is 0. The number of anilines is 1. The van der Waals surface area contributed by atoms with E-state index < -0.39 is 0 Å². The number of amides is 2. The smallest absolute Gasteiger partial charge is 0.244 e. The largest absolute Gasteiger partial charge is 0.341 e. The van der Waals surface area contributed by atoms with Gasteiger partial charge in [-0.3, -0.25) is 14.5 Å². The van der Waals surface area contributed by atoms with Crippen LogP contribution >= 0.6 is 11.6 Å². The van der Waals surface area contributed by atoms with Gasteiger partial charge in [-0.1, -0.05) is 35.9 Å². The molecule has 0 aromatic heterocycles. The van der Waals surface area contributed by atoms with Crippen molar-refractivity contribution in [1.82, 2.24) is 9.80 Å². The second-order valence-electron chi connectivity index (χ2n) is 7.41. The van der Waals surface area contributed by atoms with Crippen LogP contribution in [0.15, 0.2) is 48.5 Å². The molecule has 2 aliphatic rings. The number of rotatable bonds is 4. The number of fused-ring (bicyclic) bond motifs is 1. The molecule has 28 heavy (non-hydrogen) atoms. The van der Waals surface area contributed by atoms with Crippen LogP contribution in [0.5, 0.6) is 0 Å². The van der Waals surface area contributed by atoms with E-state index in [1.165, 1.54) is 5.56 Å². The summed E-state index contributed by atoms with van der Waals surface area (Å²) in [6.07, 6.45) is 2.95. The molecular formula is C22H24ClN3O2. The van der Waals surface area contributed by atoms with Crippen molar-refractivity contribution in [2.45, 2.75) is 25.3 Å². The standard InChI is InChI=1S/C22H24ClN3O2/c23-17-7-9-18(10-8-17)24-20(27)15-26-14-11-16-5-1-2-6-19(16)21(26)22(28)25-12-3-4-13-25/h1-2,5-10,21H,3-4,11-15H2,(H,24,27). The minimum atomic E-state index is -0.390. The Morgan fingerprint density at radius 1 is 1.00 bits per heavy atom. The van der Waals surface area contributed by atoms with E-state index in [9.17, 15) is 9.59 Å². The highest BCUT2D eigenvalue weighted by atomic mass is 35.5. The summed E-state index contributed by atoms with van der Waals surface area (Å²) in [7, 11) is 0. The van der Waals surface area contributed by atoms with Gasteiger partial charge in [-0.2, -0.15) is 0 Å². The lowest BCUT2D eigenvalue weighted by Crippen LogP contribution is -2.47. The van der Waals surface area contributed by atoms with Gasteiger partial charge >= 0.3 is 0 Å². The van der Waals surface area contributed by atoms with Gasteiger partial charge in [0.2, 0.25) is 11.8 Å². The molecule has 2 aliphatic heterocycles. The van der Waals surface area contributed by atoms with E-state index in [1.54, 1.807) is 24.3 Å². The molecule has 1 saturated heterocycles. The van der Waals surface area contributed by atoms with Crippen LogP contribution in [0.4, 0.5) is 5.69 Å². The van der Waals surface area contributed by atoms with Gasteiger partial charge in [-0.05, 0) is 54.7 Å². The lowest BCUT2D eigenvalue weighted by Gasteiger charge is -2.37. The number of hydrogen-bond acceptors (Lipinski definition) is 3. The van der Waals surface area contributed by atoms with Gasteiger partial charge in [0.15, 0.2) is 0 Å². The average molecular weight is 398 g/mol. The first kappa shape index (κ1) is 19.0. The number of halogens is 1. The van der Waals surface area contributed by atoms with Gasteiger partial charge in [-0.15, -0.1) is 0 Å². The normalized spacial score (nSPS) is 19.3. The van der Waals surface area contributed by atoms with Crippen molar-refractivity contribution in [2.24, 2.45) is 0 Å². The summed E-state index contributed by atoms with van der Waals surface area (Å²) in [6, 6.07) is 14.7. The molecule has 1 fully saturated rings. The Morgan fingerprint density at radius 3 is 2.46 bits per heavy atom. The first-order valence-electron chi connectivity index (χ1n) is 9.78. The third-order valence-electron chi connectivity index (χ3n) is 5.51. The third kappa shape index (κ3) is 4.05. The Balaban J connectivity index is 1.53. The number of likely N-dealkylation sites (tertiary alicyclic amines) is 1. The molecule has 1 atom stereocenters. The highest BCUT2D eigenvalue weighted by Gasteiger charge is 2.37. The molecule has 2 amide bonds. The fourth-order valence-corrected chi connectivity index (χ4v) is 4.23. The number of carbonyl (C=O) groups is 2. The van der Waals surface area contributed by atoms with Gasteiger partial charge in [0.1, 0.15) is 6.04 Å². The van der Waals surface area contributed by atoms with Gasteiger partial charge < -0.3 is 10.2 Å². The zero-order chi connectivity index (χ0) is 19.5. The van der Waals surface area contributed by atoms with E-state index in [0.29, 0.717) is 17.3 Å². The number of hydrogen-bond donors (Lipinski definition) is 1. The van der Waals surface area contributed by atoms with Gasteiger partial charge in [0.05, 0.1) is 6.54 Å². The van der Waals surface area contributed by atoms with Crippen LogP contribution in [0.3, 0.4) is 0 Å². The maximum absolute atomic E-state index is 13.3. The number of nitrogens with zero attached hydrogens (tertiary/aromatic N) is 2. The first-order valence-corrected chi connectivity index (χ1v) is 10.2. The highest BCUT2D eigenvalue weighted by molar-refractivity contribution is 6.30. The predicted molar refractivity (Wildman–Crippen MR) is 110 cm³/mol. The van der Waals surface area contributed by atoms with Gasteiger partial charge in [-0.25, -0.2) is 0 Å². The molecule has 0 saturated carbocycles. The molecule has 6 heteroatoms. The minimum absolute atomic E-state index is 0.115. The molecule has 2 heterocycles. The monoisotopic (exact) mass is 397 g/mol. The second kappa shape index (κ2) is 8.33. The quantitative estimate of drug-likeness (QED) is 0.859. The molecular weight excluding hydrogens is 374 g/mol. The maximum Gasteiger partial charge on any atom is 0.244 e. The molecule has 5 nitrogen and oxygen atoms in total. The zero-order valence-electron chi connectivity index (χ0n) is 15.7. The Morgan fingerprint density at radius 2 is 1.71 bits per heavy atom. The molecule has 2 aromatic carbocycles. The van der Waals surface area contributed by atoms with Crippen LogP contribution in [-0.2, 0) is 16.0 Å². The van der Waals surface area contributed by atoms with Gasteiger partial charge in [0, 0.05) is 30.3 Å². The van der Waals surface area contributed by atoms with Crippen molar-refractivity contribution < 1.29 is 9.59 Å². The third-order valence-corrected chi connectivity index (χ3v) is 5.76. The van der Waals surface area contributed by atoms with Crippen molar-refractivity contribution in [3.8, 4) is 0 Å². The van der Waals surface area contributed by atoms with Gasteiger partial charge in [0.25, 0.3) is 0 Å². The molecule has 0 radical (unpaired) electrons. The van der Waals surface area contributed by atoms with Crippen molar-refractivity contribution >= 4 is 29.1 Å². The Hall–Kier alpha value is -2.37. The van der Waals surface area contributed by atoms with Crippen molar-refractivity contribution in [3.63, 3.8) is 0 Å². The molecule has 0 aliphatic carbocycles. The van der Waals surface area contributed by atoms with Crippen LogP contribution in [0, 0.1) is 0 Å². The number of benzene rings is 2. The van der Waals surface area contributed by atoms with Crippen LogP contribution in [0.25, 0.3) is 0 Å². The fourth-order valence-electron chi connectivity index (χ4n) is 4.11. The molecule has 1 unspecified atom stereocenters. The molecule has 4 rings (SSSR count). The summed E-state index contributed by atoms with van der Waals surface area (Å²) in [5, 5.41) is 3.53. The molecule has 0 spiro atoms. The van der Waals surface area contributed by atoms with Crippen molar-refractivity contribution in [3.05, 3.63) is 64.7 Å². The van der Waals surface area contributed by atoms with E-state index in [-0.39, 0.29) is 24.4 Å². The number of carbonyl (C=O) groups excluding carboxylic acids is 2. The maximum atomic E-state index is 13.3.